The second-order valence-electron chi connectivity index (χ2n) is 2.97. The molecule has 0 bridgehead atoms. The van der Waals surface area contributed by atoms with Gasteiger partial charge in [0, 0.05) is 0 Å². The van der Waals surface area contributed by atoms with Gasteiger partial charge in [-0.25, -0.2) is 5.48 Å². The van der Waals surface area contributed by atoms with E-state index in [4.69, 9.17) is 14.3 Å². The third-order valence-corrected chi connectivity index (χ3v) is 1.70. The molecular formula is C12H17NO3. The van der Waals surface area contributed by atoms with Crippen molar-refractivity contribution in [1.82, 2.24) is 5.48 Å². The maximum atomic E-state index is 5.41. The van der Waals surface area contributed by atoms with Gasteiger partial charge in [0.2, 0.25) is 5.88 Å². The Morgan fingerprint density at radius 2 is 2.00 bits per heavy atom. The number of rotatable bonds is 8. The van der Waals surface area contributed by atoms with E-state index in [1.165, 1.54) is 0 Å². The summed E-state index contributed by atoms with van der Waals surface area (Å²) in [5, 5.41) is 0. The average Bonchev–Trinajstić information content (AvgIpc) is 2.30. The van der Waals surface area contributed by atoms with Crippen molar-refractivity contribution in [3.8, 4) is 5.75 Å². The quantitative estimate of drug-likeness (QED) is 0.416. The van der Waals surface area contributed by atoms with Crippen molar-refractivity contribution in [2.45, 2.75) is 6.92 Å². The first-order chi connectivity index (χ1) is 7.83. The predicted molar refractivity (Wildman–Crippen MR) is 61.8 cm³/mol. The van der Waals surface area contributed by atoms with E-state index in [0.29, 0.717) is 25.7 Å². The monoisotopic (exact) mass is 223 g/mol. The Bertz CT molecular complexity index is 300. The minimum Gasteiger partial charge on any atom is -0.491 e. The van der Waals surface area contributed by atoms with Crippen LogP contribution in [0, 0.1) is 0 Å². The zero-order valence-electron chi connectivity index (χ0n) is 9.44. The Kier molecular flexibility index (Phi) is 5.88. The number of ether oxygens (including phenoxy) is 2. The van der Waals surface area contributed by atoms with E-state index in [1.807, 2.05) is 37.3 Å². The number of hydroxylamine groups is 1. The Hall–Kier alpha value is -1.68. The van der Waals surface area contributed by atoms with Crippen LogP contribution in [0.1, 0.15) is 6.92 Å². The van der Waals surface area contributed by atoms with Gasteiger partial charge in [-0.3, -0.25) is 4.84 Å². The molecule has 0 fully saturated rings. The van der Waals surface area contributed by atoms with Crippen molar-refractivity contribution >= 4 is 0 Å². The molecule has 0 spiro atoms. The summed E-state index contributed by atoms with van der Waals surface area (Å²) in [6.07, 6.45) is 0. The van der Waals surface area contributed by atoms with E-state index in [0.717, 1.165) is 5.75 Å². The average molecular weight is 223 g/mol. The Balaban J connectivity index is 2.02. The third kappa shape index (κ3) is 5.26. The highest BCUT2D eigenvalue weighted by Crippen LogP contribution is 2.07. The van der Waals surface area contributed by atoms with Crippen LogP contribution in [0.2, 0.25) is 0 Å². The second-order valence-corrected chi connectivity index (χ2v) is 2.97. The lowest BCUT2D eigenvalue weighted by atomic mass is 10.3. The fourth-order valence-electron chi connectivity index (χ4n) is 1.05. The normalized spacial score (nSPS) is 9.56. The SMILES string of the molecule is C=C(NOCCOc1ccccc1)OCC. The summed E-state index contributed by atoms with van der Waals surface area (Å²) in [5.41, 5.74) is 2.57. The molecule has 0 amide bonds. The van der Waals surface area contributed by atoms with Crippen LogP contribution in [0.4, 0.5) is 0 Å². The smallest absolute Gasteiger partial charge is 0.203 e. The number of benzene rings is 1. The first-order valence-electron chi connectivity index (χ1n) is 5.20. The summed E-state index contributed by atoms with van der Waals surface area (Å²) in [6, 6.07) is 9.58. The van der Waals surface area contributed by atoms with Crippen LogP contribution in [0.25, 0.3) is 0 Å². The van der Waals surface area contributed by atoms with Gasteiger partial charge in [0.1, 0.15) is 19.0 Å². The Morgan fingerprint density at radius 1 is 1.25 bits per heavy atom. The molecule has 1 aromatic rings. The molecule has 0 atom stereocenters. The van der Waals surface area contributed by atoms with Crippen molar-refractivity contribution in [1.29, 1.82) is 0 Å². The highest BCUT2D eigenvalue weighted by Gasteiger charge is 1.93. The molecule has 4 heteroatoms. The maximum absolute atomic E-state index is 5.41. The number of hydrogen-bond acceptors (Lipinski definition) is 4. The minimum atomic E-state index is 0.405. The van der Waals surface area contributed by atoms with Crippen LogP contribution in [0.3, 0.4) is 0 Å². The van der Waals surface area contributed by atoms with Crippen LogP contribution in [-0.4, -0.2) is 19.8 Å². The lowest BCUT2D eigenvalue weighted by Crippen LogP contribution is -2.19. The largest absolute Gasteiger partial charge is 0.491 e. The topological polar surface area (TPSA) is 39.7 Å². The molecule has 1 N–H and O–H groups in total. The molecule has 0 saturated carbocycles. The van der Waals surface area contributed by atoms with Crippen LogP contribution in [0.5, 0.6) is 5.75 Å². The van der Waals surface area contributed by atoms with Gasteiger partial charge < -0.3 is 9.47 Å². The number of para-hydroxylation sites is 1. The van der Waals surface area contributed by atoms with Crippen LogP contribution < -0.4 is 10.2 Å². The molecule has 0 heterocycles. The molecule has 0 unspecified atom stereocenters. The van der Waals surface area contributed by atoms with Crippen molar-refractivity contribution in [2.75, 3.05) is 19.8 Å². The Labute approximate surface area is 95.8 Å². The van der Waals surface area contributed by atoms with E-state index < -0.39 is 0 Å². The molecule has 0 aromatic heterocycles. The van der Waals surface area contributed by atoms with Crippen LogP contribution in [-0.2, 0) is 9.57 Å². The first-order valence-corrected chi connectivity index (χ1v) is 5.20. The zero-order valence-corrected chi connectivity index (χ0v) is 9.44. The molecule has 0 aliphatic rings. The molecule has 1 rings (SSSR count). The van der Waals surface area contributed by atoms with Crippen molar-refractivity contribution in [2.24, 2.45) is 0 Å². The summed E-state index contributed by atoms with van der Waals surface area (Å²) < 4.78 is 10.4. The van der Waals surface area contributed by atoms with E-state index in [1.54, 1.807) is 0 Å². The molecule has 16 heavy (non-hydrogen) atoms. The highest BCUT2D eigenvalue weighted by molar-refractivity contribution is 5.20. The molecule has 88 valence electrons. The fraction of sp³-hybridized carbons (Fsp3) is 0.333. The highest BCUT2D eigenvalue weighted by atomic mass is 16.7. The third-order valence-electron chi connectivity index (χ3n) is 1.70. The summed E-state index contributed by atoms with van der Waals surface area (Å²) in [7, 11) is 0. The maximum Gasteiger partial charge on any atom is 0.203 e. The van der Waals surface area contributed by atoms with Gasteiger partial charge in [0.15, 0.2) is 0 Å². The van der Waals surface area contributed by atoms with Gasteiger partial charge in [-0.2, -0.15) is 0 Å². The van der Waals surface area contributed by atoms with Gasteiger partial charge in [0.25, 0.3) is 0 Å². The van der Waals surface area contributed by atoms with Gasteiger partial charge in [-0.1, -0.05) is 18.2 Å². The number of hydrogen-bond donors (Lipinski definition) is 1. The van der Waals surface area contributed by atoms with E-state index >= 15 is 0 Å². The van der Waals surface area contributed by atoms with Crippen molar-refractivity contribution in [3.05, 3.63) is 42.8 Å². The summed E-state index contributed by atoms with van der Waals surface area (Å²) in [6.45, 7) is 6.93. The second kappa shape index (κ2) is 7.59. The standard InChI is InChI=1S/C12H17NO3/c1-3-14-11(2)13-16-10-9-15-12-7-5-4-6-8-12/h4-8,13H,2-3,9-10H2,1H3. The summed E-state index contributed by atoms with van der Waals surface area (Å²) in [4.78, 5) is 5.07. The summed E-state index contributed by atoms with van der Waals surface area (Å²) >= 11 is 0. The number of nitrogens with one attached hydrogen (secondary N) is 1. The van der Waals surface area contributed by atoms with Gasteiger partial charge in [0.05, 0.1) is 6.61 Å². The molecule has 0 saturated heterocycles. The summed E-state index contributed by atoms with van der Waals surface area (Å²) in [5.74, 6) is 1.23. The molecule has 4 nitrogen and oxygen atoms in total. The van der Waals surface area contributed by atoms with Gasteiger partial charge >= 0.3 is 0 Å². The zero-order chi connectivity index (χ0) is 11.6. The van der Waals surface area contributed by atoms with Crippen molar-refractivity contribution < 1.29 is 14.3 Å². The minimum absolute atomic E-state index is 0.405. The lowest BCUT2D eigenvalue weighted by molar-refractivity contribution is 0.00324. The predicted octanol–water partition coefficient (Wildman–Crippen LogP) is 2.09. The van der Waals surface area contributed by atoms with E-state index in [2.05, 4.69) is 12.1 Å². The first kappa shape index (κ1) is 12.4. The molecular weight excluding hydrogens is 206 g/mol. The van der Waals surface area contributed by atoms with Gasteiger partial charge in [-0.05, 0) is 25.6 Å². The fourth-order valence-corrected chi connectivity index (χ4v) is 1.05. The molecule has 0 radical (unpaired) electrons. The van der Waals surface area contributed by atoms with Crippen molar-refractivity contribution in [3.63, 3.8) is 0 Å². The molecule has 0 aliphatic heterocycles. The van der Waals surface area contributed by atoms with Crippen LogP contribution in [0.15, 0.2) is 42.8 Å². The van der Waals surface area contributed by atoms with E-state index in [9.17, 15) is 0 Å². The van der Waals surface area contributed by atoms with Gasteiger partial charge in [-0.15, -0.1) is 0 Å². The lowest BCUT2D eigenvalue weighted by Gasteiger charge is -2.10. The Morgan fingerprint density at radius 3 is 2.69 bits per heavy atom. The molecule has 1 aromatic carbocycles. The van der Waals surface area contributed by atoms with E-state index in [-0.39, 0.29) is 0 Å². The van der Waals surface area contributed by atoms with Crippen LogP contribution >= 0.6 is 0 Å². The molecule has 0 aliphatic carbocycles.